The van der Waals surface area contributed by atoms with E-state index in [1.54, 1.807) is 6.92 Å². The first-order chi connectivity index (χ1) is 25.0. The lowest BCUT2D eigenvalue weighted by molar-refractivity contribution is 0.770. The average molecular weight is 652 g/mol. The van der Waals surface area contributed by atoms with Gasteiger partial charge in [0, 0.05) is 44.9 Å². The standard InChI is InChI=1S/C46H29N5/c1-3-43-41(22-30(2)27-47)42-23-31(28-48)20-21-46(42)50(43)34-24-33(37-14-6-7-15-38(37)36-13-5-4-12-32(36)29-49)25-35(26-34)51-44-18-10-8-16-39(44)40-17-9-11-19-45(40)51/h1,4-26,41,43H,2H3/b30-22+. The zero-order chi connectivity index (χ0) is 35.1. The molecule has 0 spiro atoms. The number of para-hydroxylation sites is 2. The molecular weight excluding hydrogens is 623 g/mol. The van der Waals surface area contributed by atoms with Gasteiger partial charge in [-0.25, -0.2) is 0 Å². The van der Waals surface area contributed by atoms with Gasteiger partial charge >= 0.3 is 0 Å². The predicted molar refractivity (Wildman–Crippen MR) is 204 cm³/mol. The SMILES string of the molecule is C#CC1C(/C=C(\C)C#N)c2cc(C#N)ccc2N1c1cc(-c2ccccc2-c2ccccc2C#N)cc(-n2c3ccccc3c3ccccc32)c1. The summed E-state index contributed by atoms with van der Waals surface area (Å²) in [5.41, 5.74) is 11.2. The quantitative estimate of drug-likeness (QED) is 0.137. The molecule has 7 aromatic rings. The van der Waals surface area contributed by atoms with Gasteiger partial charge < -0.3 is 9.47 Å². The third-order valence-corrected chi connectivity index (χ3v) is 9.77. The van der Waals surface area contributed by atoms with Gasteiger partial charge in [-0.2, -0.15) is 15.8 Å². The van der Waals surface area contributed by atoms with Crippen molar-refractivity contribution in [1.29, 1.82) is 15.8 Å². The molecule has 0 fully saturated rings. The Bertz CT molecular complexity index is 2680. The molecule has 5 heteroatoms. The number of benzene rings is 6. The fourth-order valence-electron chi connectivity index (χ4n) is 7.56. The molecule has 2 heterocycles. The third kappa shape index (κ3) is 5.10. The minimum atomic E-state index is -0.465. The van der Waals surface area contributed by atoms with Crippen LogP contribution < -0.4 is 4.90 Å². The zero-order valence-corrected chi connectivity index (χ0v) is 27.7. The van der Waals surface area contributed by atoms with E-state index in [-0.39, 0.29) is 5.92 Å². The van der Waals surface area contributed by atoms with Crippen LogP contribution in [0.2, 0.25) is 0 Å². The minimum absolute atomic E-state index is 0.312. The maximum Gasteiger partial charge on any atom is 0.105 e. The Hall–Kier alpha value is -7.31. The van der Waals surface area contributed by atoms with Gasteiger partial charge in [-0.3, -0.25) is 0 Å². The van der Waals surface area contributed by atoms with Gasteiger partial charge in [0.25, 0.3) is 0 Å². The number of hydrogen-bond donors (Lipinski definition) is 0. The number of rotatable bonds is 5. The molecule has 5 nitrogen and oxygen atoms in total. The van der Waals surface area contributed by atoms with E-state index in [4.69, 9.17) is 6.42 Å². The first-order valence-corrected chi connectivity index (χ1v) is 16.6. The molecule has 0 amide bonds. The van der Waals surface area contributed by atoms with Crippen molar-refractivity contribution >= 4 is 33.2 Å². The number of allylic oxidation sites excluding steroid dienone is 1. The largest absolute Gasteiger partial charge is 0.326 e. The first kappa shape index (κ1) is 31.0. The molecule has 1 aromatic heterocycles. The van der Waals surface area contributed by atoms with Gasteiger partial charge in [-0.05, 0) is 83.8 Å². The molecule has 6 aromatic carbocycles. The number of terminal acetylenes is 1. The highest BCUT2D eigenvalue weighted by molar-refractivity contribution is 6.09. The van der Waals surface area contributed by atoms with E-state index in [0.717, 1.165) is 66.7 Å². The van der Waals surface area contributed by atoms with Gasteiger partial charge in [0.1, 0.15) is 6.04 Å². The minimum Gasteiger partial charge on any atom is -0.326 e. The van der Waals surface area contributed by atoms with Crippen LogP contribution >= 0.6 is 0 Å². The lowest BCUT2D eigenvalue weighted by atomic mass is 9.91. The third-order valence-electron chi connectivity index (χ3n) is 9.77. The van der Waals surface area contributed by atoms with E-state index in [1.807, 2.05) is 60.7 Å². The zero-order valence-electron chi connectivity index (χ0n) is 27.7. The van der Waals surface area contributed by atoms with Crippen LogP contribution in [-0.2, 0) is 0 Å². The molecule has 0 radical (unpaired) electrons. The number of nitrogens with zero attached hydrogens (tertiary/aromatic N) is 5. The number of fused-ring (bicyclic) bond motifs is 4. The fourth-order valence-corrected chi connectivity index (χ4v) is 7.56. The van der Waals surface area contributed by atoms with E-state index in [2.05, 4.69) is 112 Å². The Morgan fingerprint density at radius 1 is 0.667 bits per heavy atom. The molecular formula is C46H29N5. The molecule has 51 heavy (non-hydrogen) atoms. The highest BCUT2D eigenvalue weighted by atomic mass is 15.2. The molecule has 0 saturated carbocycles. The summed E-state index contributed by atoms with van der Waals surface area (Å²) in [5, 5.41) is 32.0. The lowest BCUT2D eigenvalue weighted by Crippen LogP contribution is -2.28. The Morgan fingerprint density at radius 3 is 1.96 bits per heavy atom. The van der Waals surface area contributed by atoms with E-state index < -0.39 is 6.04 Å². The summed E-state index contributed by atoms with van der Waals surface area (Å²) in [6, 6.07) is 51.3. The molecule has 238 valence electrons. The van der Waals surface area contributed by atoms with Crippen LogP contribution in [0, 0.1) is 46.3 Å². The summed E-state index contributed by atoms with van der Waals surface area (Å²) in [4.78, 5) is 2.16. The van der Waals surface area contributed by atoms with Crippen LogP contribution in [0.25, 0.3) is 49.7 Å². The van der Waals surface area contributed by atoms with Crippen molar-refractivity contribution in [3.05, 3.63) is 162 Å². The molecule has 1 aliphatic heterocycles. The molecule has 8 rings (SSSR count). The fraction of sp³-hybridized carbons (Fsp3) is 0.0652. The lowest BCUT2D eigenvalue weighted by Gasteiger charge is -2.28. The Balaban J connectivity index is 1.45. The van der Waals surface area contributed by atoms with E-state index in [9.17, 15) is 15.8 Å². The maximum atomic E-state index is 10.1. The van der Waals surface area contributed by atoms with Crippen LogP contribution in [0.1, 0.15) is 29.5 Å². The van der Waals surface area contributed by atoms with Crippen molar-refractivity contribution in [2.75, 3.05) is 4.90 Å². The van der Waals surface area contributed by atoms with Crippen molar-refractivity contribution in [2.45, 2.75) is 18.9 Å². The van der Waals surface area contributed by atoms with Crippen molar-refractivity contribution < 1.29 is 0 Å². The van der Waals surface area contributed by atoms with Gasteiger partial charge in [0.2, 0.25) is 0 Å². The topological polar surface area (TPSA) is 79.5 Å². The summed E-state index contributed by atoms with van der Waals surface area (Å²) in [7, 11) is 0. The van der Waals surface area contributed by atoms with Gasteiger partial charge in [0.05, 0.1) is 40.4 Å². The second-order valence-electron chi connectivity index (χ2n) is 12.7. The normalized spacial score (nSPS) is 15.2. The smallest absolute Gasteiger partial charge is 0.105 e. The maximum absolute atomic E-state index is 10.1. The van der Waals surface area contributed by atoms with Crippen molar-refractivity contribution in [2.24, 2.45) is 0 Å². The van der Waals surface area contributed by atoms with Crippen LogP contribution in [-0.4, -0.2) is 10.6 Å². The van der Waals surface area contributed by atoms with Gasteiger partial charge in [0.15, 0.2) is 0 Å². The number of nitriles is 3. The summed E-state index contributed by atoms with van der Waals surface area (Å²) in [6.07, 6.45) is 8.29. The summed E-state index contributed by atoms with van der Waals surface area (Å²) >= 11 is 0. The van der Waals surface area contributed by atoms with Gasteiger partial charge in [-0.1, -0.05) is 90.9 Å². The molecule has 1 aliphatic rings. The second kappa shape index (κ2) is 12.6. The number of aromatic nitrogens is 1. The highest BCUT2D eigenvalue weighted by Crippen LogP contribution is 2.48. The van der Waals surface area contributed by atoms with Gasteiger partial charge in [-0.15, -0.1) is 6.42 Å². The molecule has 0 aliphatic carbocycles. The Morgan fingerprint density at radius 2 is 1.29 bits per heavy atom. The van der Waals surface area contributed by atoms with E-state index in [1.165, 1.54) is 0 Å². The van der Waals surface area contributed by atoms with E-state index >= 15 is 0 Å². The van der Waals surface area contributed by atoms with Crippen LogP contribution in [0.3, 0.4) is 0 Å². The monoisotopic (exact) mass is 651 g/mol. The van der Waals surface area contributed by atoms with Crippen LogP contribution in [0.15, 0.2) is 145 Å². The highest BCUT2D eigenvalue weighted by Gasteiger charge is 2.38. The van der Waals surface area contributed by atoms with Crippen molar-refractivity contribution in [3.63, 3.8) is 0 Å². The summed E-state index contributed by atoms with van der Waals surface area (Å²) < 4.78 is 2.29. The molecule has 2 atom stereocenters. The molecule has 0 N–H and O–H groups in total. The van der Waals surface area contributed by atoms with E-state index in [0.29, 0.717) is 16.7 Å². The average Bonchev–Trinajstić information content (AvgIpc) is 3.69. The van der Waals surface area contributed by atoms with Crippen molar-refractivity contribution in [3.8, 4) is 58.5 Å². The summed E-state index contributed by atoms with van der Waals surface area (Å²) in [5.74, 6) is 2.74. The number of anilines is 2. The Labute approximate surface area is 296 Å². The molecule has 0 bridgehead atoms. The van der Waals surface area contributed by atoms with Crippen LogP contribution in [0.4, 0.5) is 11.4 Å². The molecule has 2 unspecified atom stereocenters. The number of hydrogen-bond acceptors (Lipinski definition) is 4. The predicted octanol–water partition coefficient (Wildman–Crippen LogP) is 10.6. The summed E-state index contributed by atoms with van der Waals surface area (Å²) in [6.45, 7) is 1.78. The Kier molecular flexibility index (Phi) is 7.67. The molecule has 0 saturated heterocycles. The van der Waals surface area contributed by atoms with Crippen LogP contribution in [0.5, 0.6) is 0 Å². The second-order valence-corrected chi connectivity index (χ2v) is 12.7. The van der Waals surface area contributed by atoms with Crippen molar-refractivity contribution in [1.82, 2.24) is 4.57 Å². The first-order valence-electron chi connectivity index (χ1n) is 16.6.